The van der Waals surface area contributed by atoms with Crippen molar-refractivity contribution in [1.82, 2.24) is 9.78 Å². The van der Waals surface area contributed by atoms with Crippen LogP contribution in [-0.2, 0) is 13.1 Å². The highest BCUT2D eigenvalue weighted by molar-refractivity contribution is 5.47. The third-order valence-electron chi connectivity index (χ3n) is 3.16. The topological polar surface area (TPSA) is 48.3 Å². The van der Waals surface area contributed by atoms with E-state index in [-0.39, 0.29) is 0 Å². The first-order valence-corrected chi connectivity index (χ1v) is 6.66. The summed E-state index contributed by atoms with van der Waals surface area (Å²) in [5.74, 6) is 1.59. The molecule has 108 valence electrons. The first-order valence-electron chi connectivity index (χ1n) is 6.66. The van der Waals surface area contributed by atoms with Crippen molar-refractivity contribution in [2.45, 2.75) is 26.9 Å². The zero-order valence-corrected chi connectivity index (χ0v) is 12.4. The lowest BCUT2D eigenvalue weighted by Crippen LogP contribution is -2.01. The van der Waals surface area contributed by atoms with E-state index in [1.807, 2.05) is 36.0 Å². The second-order valence-corrected chi connectivity index (χ2v) is 4.56. The molecule has 20 heavy (non-hydrogen) atoms. The van der Waals surface area contributed by atoms with Crippen LogP contribution in [0, 0.1) is 6.92 Å². The summed E-state index contributed by atoms with van der Waals surface area (Å²) in [6.07, 6.45) is 2.02. The summed E-state index contributed by atoms with van der Waals surface area (Å²) in [7, 11) is 3.31. The number of nitrogens with zero attached hydrogens (tertiary/aromatic N) is 2. The monoisotopic (exact) mass is 275 g/mol. The largest absolute Gasteiger partial charge is 0.497 e. The second kappa shape index (κ2) is 6.32. The Morgan fingerprint density at radius 2 is 1.80 bits per heavy atom. The second-order valence-electron chi connectivity index (χ2n) is 4.56. The van der Waals surface area contributed by atoms with Crippen LogP contribution in [0.3, 0.4) is 0 Å². The van der Waals surface area contributed by atoms with Crippen molar-refractivity contribution in [2.75, 3.05) is 19.5 Å². The van der Waals surface area contributed by atoms with Crippen LogP contribution in [0.1, 0.15) is 18.2 Å². The van der Waals surface area contributed by atoms with Gasteiger partial charge < -0.3 is 14.8 Å². The molecule has 5 heteroatoms. The number of hydrogen-bond donors (Lipinski definition) is 1. The van der Waals surface area contributed by atoms with E-state index >= 15 is 0 Å². The van der Waals surface area contributed by atoms with E-state index in [2.05, 4.69) is 17.3 Å². The summed E-state index contributed by atoms with van der Waals surface area (Å²) < 4.78 is 12.5. The molecule has 0 unspecified atom stereocenters. The fourth-order valence-corrected chi connectivity index (χ4v) is 2.02. The molecule has 0 saturated carbocycles. The Morgan fingerprint density at radius 1 is 1.15 bits per heavy atom. The standard InChI is InChI=1S/C15H21N3O2/c1-5-18-10-15(11(2)17-18)16-9-12-6-13(19-3)8-14(7-12)20-4/h6-8,10,16H,5,9H2,1-4H3. The minimum Gasteiger partial charge on any atom is -0.497 e. The van der Waals surface area contributed by atoms with Crippen molar-refractivity contribution in [1.29, 1.82) is 0 Å². The third kappa shape index (κ3) is 3.23. The first kappa shape index (κ1) is 14.2. The Hall–Kier alpha value is -2.17. The van der Waals surface area contributed by atoms with Crippen LogP contribution in [0.2, 0.25) is 0 Å². The summed E-state index contributed by atoms with van der Waals surface area (Å²) in [6.45, 7) is 5.64. The van der Waals surface area contributed by atoms with Crippen LogP contribution in [0.4, 0.5) is 5.69 Å². The molecule has 0 radical (unpaired) electrons. The van der Waals surface area contributed by atoms with Crippen molar-refractivity contribution >= 4 is 5.69 Å². The summed E-state index contributed by atoms with van der Waals surface area (Å²) in [5, 5.41) is 7.81. The van der Waals surface area contributed by atoms with Gasteiger partial charge in [-0.1, -0.05) is 0 Å². The van der Waals surface area contributed by atoms with Crippen LogP contribution in [-0.4, -0.2) is 24.0 Å². The van der Waals surface area contributed by atoms with Gasteiger partial charge in [-0.05, 0) is 31.5 Å². The Morgan fingerprint density at radius 3 is 2.30 bits per heavy atom. The minimum atomic E-state index is 0.698. The van der Waals surface area contributed by atoms with Crippen LogP contribution in [0.15, 0.2) is 24.4 Å². The maximum atomic E-state index is 5.27. The minimum absolute atomic E-state index is 0.698. The molecule has 1 aromatic carbocycles. The van der Waals surface area contributed by atoms with Crippen molar-refractivity contribution in [2.24, 2.45) is 0 Å². The maximum Gasteiger partial charge on any atom is 0.122 e. The number of nitrogens with one attached hydrogen (secondary N) is 1. The Kier molecular flexibility index (Phi) is 4.50. The molecule has 5 nitrogen and oxygen atoms in total. The van der Waals surface area contributed by atoms with E-state index in [1.54, 1.807) is 14.2 Å². The van der Waals surface area contributed by atoms with Gasteiger partial charge in [0.2, 0.25) is 0 Å². The highest BCUT2D eigenvalue weighted by Gasteiger charge is 2.05. The summed E-state index contributed by atoms with van der Waals surface area (Å²) in [6, 6.07) is 5.86. The molecule has 2 aromatic rings. The van der Waals surface area contributed by atoms with Gasteiger partial charge in [0, 0.05) is 25.4 Å². The number of benzene rings is 1. The molecule has 1 heterocycles. The van der Waals surface area contributed by atoms with E-state index in [0.29, 0.717) is 6.54 Å². The molecule has 0 aliphatic heterocycles. The molecule has 0 spiro atoms. The summed E-state index contributed by atoms with van der Waals surface area (Å²) in [5.41, 5.74) is 3.15. The zero-order valence-electron chi connectivity index (χ0n) is 12.4. The summed E-state index contributed by atoms with van der Waals surface area (Å²) >= 11 is 0. The normalized spacial score (nSPS) is 10.4. The molecule has 0 aliphatic rings. The van der Waals surface area contributed by atoms with Crippen LogP contribution in [0.25, 0.3) is 0 Å². The zero-order chi connectivity index (χ0) is 14.5. The van der Waals surface area contributed by atoms with E-state index in [9.17, 15) is 0 Å². The smallest absolute Gasteiger partial charge is 0.122 e. The fraction of sp³-hybridized carbons (Fsp3) is 0.400. The third-order valence-corrected chi connectivity index (χ3v) is 3.16. The maximum absolute atomic E-state index is 5.27. The molecule has 0 bridgehead atoms. The Balaban J connectivity index is 2.11. The van der Waals surface area contributed by atoms with Crippen molar-refractivity contribution in [3.8, 4) is 11.5 Å². The van der Waals surface area contributed by atoms with Gasteiger partial charge in [-0.15, -0.1) is 0 Å². The van der Waals surface area contributed by atoms with Crippen LogP contribution < -0.4 is 14.8 Å². The lowest BCUT2D eigenvalue weighted by atomic mass is 10.2. The number of hydrogen-bond acceptors (Lipinski definition) is 4. The molecule has 1 N–H and O–H groups in total. The average Bonchev–Trinajstić information content (AvgIpc) is 2.85. The number of rotatable bonds is 6. The molecule has 2 rings (SSSR count). The molecule has 0 aliphatic carbocycles. The predicted molar refractivity (Wildman–Crippen MR) is 79.5 cm³/mol. The number of aryl methyl sites for hydroxylation is 2. The highest BCUT2D eigenvalue weighted by Crippen LogP contribution is 2.23. The average molecular weight is 275 g/mol. The van der Waals surface area contributed by atoms with Crippen LogP contribution >= 0.6 is 0 Å². The van der Waals surface area contributed by atoms with Gasteiger partial charge in [0.15, 0.2) is 0 Å². The number of ether oxygens (including phenoxy) is 2. The predicted octanol–water partition coefficient (Wildman–Crippen LogP) is 2.84. The van der Waals surface area contributed by atoms with E-state index in [1.165, 1.54) is 0 Å². The number of anilines is 1. The van der Waals surface area contributed by atoms with E-state index in [0.717, 1.165) is 35.0 Å². The van der Waals surface area contributed by atoms with Gasteiger partial charge in [0.25, 0.3) is 0 Å². The van der Waals surface area contributed by atoms with Crippen molar-refractivity contribution in [3.05, 3.63) is 35.7 Å². The number of aromatic nitrogens is 2. The molecule has 0 atom stereocenters. The van der Waals surface area contributed by atoms with Gasteiger partial charge in [-0.2, -0.15) is 5.10 Å². The molecule has 1 aromatic heterocycles. The molecule has 0 amide bonds. The van der Waals surface area contributed by atoms with Gasteiger partial charge >= 0.3 is 0 Å². The van der Waals surface area contributed by atoms with Crippen LogP contribution in [0.5, 0.6) is 11.5 Å². The fourth-order valence-electron chi connectivity index (χ4n) is 2.02. The van der Waals surface area contributed by atoms with Gasteiger partial charge in [-0.3, -0.25) is 4.68 Å². The first-order chi connectivity index (χ1) is 9.66. The quantitative estimate of drug-likeness (QED) is 0.880. The Labute approximate surface area is 119 Å². The van der Waals surface area contributed by atoms with Gasteiger partial charge in [0.1, 0.15) is 11.5 Å². The molecular weight excluding hydrogens is 254 g/mol. The summed E-state index contributed by atoms with van der Waals surface area (Å²) in [4.78, 5) is 0. The number of methoxy groups -OCH3 is 2. The van der Waals surface area contributed by atoms with E-state index in [4.69, 9.17) is 9.47 Å². The Bertz CT molecular complexity index is 556. The van der Waals surface area contributed by atoms with Crippen molar-refractivity contribution in [3.63, 3.8) is 0 Å². The SMILES string of the molecule is CCn1cc(NCc2cc(OC)cc(OC)c2)c(C)n1. The molecule has 0 saturated heterocycles. The lowest BCUT2D eigenvalue weighted by Gasteiger charge is -2.09. The highest BCUT2D eigenvalue weighted by atomic mass is 16.5. The van der Waals surface area contributed by atoms with Gasteiger partial charge in [-0.25, -0.2) is 0 Å². The molecular formula is C15H21N3O2. The van der Waals surface area contributed by atoms with Crippen molar-refractivity contribution < 1.29 is 9.47 Å². The molecule has 0 fully saturated rings. The van der Waals surface area contributed by atoms with E-state index < -0.39 is 0 Å². The lowest BCUT2D eigenvalue weighted by molar-refractivity contribution is 0.393. The van der Waals surface area contributed by atoms with Gasteiger partial charge in [0.05, 0.1) is 25.6 Å².